The van der Waals surface area contributed by atoms with Crippen molar-refractivity contribution in [3.05, 3.63) is 35.9 Å². The van der Waals surface area contributed by atoms with Crippen LogP contribution >= 0.6 is 0 Å². The zero-order valence-corrected chi connectivity index (χ0v) is 12.2. The van der Waals surface area contributed by atoms with Crippen molar-refractivity contribution in [2.24, 2.45) is 0 Å². The van der Waals surface area contributed by atoms with Gasteiger partial charge in [0, 0.05) is 0 Å². The highest BCUT2D eigenvalue weighted by Gasteiger charge is 1.99. The molecule has 0 amide bonds. The van der Waals surface area contributed by atoms with Crippen LogP contribution in [-0.2, 0) is 14.3 Å². The van der Waals surface area contributed by atoms with E-state index in [1.54, 1.807) is 7.11 Å². The number of benzene rings is 1. The Morgan fingerprint density at radius 2 is 1.84 bits per heavy atom. The van der Waals surface area contributed by atoms with Crippen molar-refractivity contribution in [2.45, 2.75) is 19.3 Å². The maximum absolute atomic E-state index is 10.7. The van der Waals surface area contributed by atoms with E-state index in [0.717, 1.165) is 36.8 Å². The van der Waals surface area contributed by atoms with Crippen LogP contribution in [0.5, 0.6) is 5.75 Å². The first-order chi connectivity index (χ1) is 9.01. The maximum Gasteiger partial charge on any atom is 0.264 e. The summed E-state index contributed by atoms with van der Waals surface area (Å²) in [7, 11) is -1.65. The smallest absolute Gasteiger partial charge is 0.264 e. The molecule has 0 aliphatic heterocycles. The van der Waals surface area contributed by atoms with Gasteiger partial charge in [-0.25, -0.2) is 0 Å². The summed E-state index contributed by atoms with van der Waals surface area (Å²) in [5.74, 6) is 0.843. The number of unbranched alkanes of at least 4 members (excludes halogenated alkanes) is 2. The Hall–Kier alpha value is -1.33. The van der Waals surface area contributed by atoms with Gasteiger partial charge in [-0.05, 0) is 37.0 Å². The van der Waals surface area contributed by atoms with Gasteiger partial charge in [0.1, 0.15) is 5.75 Å². The molecule has 0 heterocycles. The first kappa shape index (κ1) is 15.7. The third-order valence-corrected chi connectivity index (χ3v) is 3.08. The van der Waals surface area contributed by atoms with Gasteiger partial charge in [-0.1, -0.05) is 24.3 Å². The summed E-state index contributed by atoms with van der Waals surface area (Å²) in [6.45, 7) is 0.259. The van der Waals surface area contributed by atoms with Crippen molar-refractivity contribution >= 4 is 16.2 Å². The summed E-state index contributed by atoms with van der Waals surface area (Å²) in [5.41, 5.74) is 1.12. The number of hydrogen-bond acceptors (Lipinski definition) is 4. The summed E-state index contributed by atoms with van der Waals surface area (Å²) < 4.78 is 31.2. The molecule has 0 atom stereocenters. The van der Waals surface area contributed by atoms with Gasteiger partial charge in [0.25, 0.3) is 10.1 Å². The second-order valence-corrected chi connectivity index (χ2v) is 5.84. The molecule has 0 aliphatic rings. The fourth-order valence-corrected chi connectivity index (χ4v) is 1.93. The van der Waals surface area contributed by atoms with Gasteiger partial charge in [0.2, 0.25) is 0 Å². The average molecular weight is 284 g/mol. The summed E-state index contributed by atoms with van der Waals surface area (Å²) in [6, 6.07) is 7.81. The summed E-state index contributed by atoms with van der Waals surface area (Å²) in [4.78, 5) is 0. The molecule has 0 aromatic heterocycles. The highest BCUT2D eigenvalue weighted by molar-refractivity contribution is 7.85. The number of allylic oxidation sites excluding steroid dienone is 1. The largest absolute Gasteiger partial charge is 0.497 e. The Morgan fingerprint density at radius 3 is 2.42 bits per heavy atom. The van der Waals surface area contributed by atoms with Crippen molar-refractivity contribution in [1.29, 1.82) is 0 Å². The van der Waals surface area contributed by atoms with Gasteiger partial charge in [-0.15, -0.1) is 0 Å². The van der Waals surface area contributed by atoms with E-state index in [-0.39, 0.29) is 6.61 Å². The average Bonchev–Trinajstić information content (AvgIpc) is 2.37. The Kier molecular flexibility index (Phi) is 6.59. The van der Waals surface area contributed by atoms with Gasteiger partial charge in [0.05, 0.1) is 20.0 Å². The molecule has 0 fully saturated rings. The van der Waals surface area contributed by atoms with Crippen LogP contribution in [0.2, 0.25) is 0 Å². The fourth-order valence-electron chi connectivity index (χ4n) is 1.51. The van der Waals surface area contributed by atoms with E-state index in [4.69, 9.17) is 4.74 Å². The second kappa shape index (κ2) is 7.96. The lowest BCUT2D eigenvalue weighted by Crippen LogP contribution is -2.03. The van der Waals surface area contributed by atoms with E-state index in [9.17, 15) is 8.42 Å². The number of methoxy groups -OCH3 is 1. The Morgan fingerprint density at radius 1 is 1.16 bits per heavy atom. The van der Waals surface area contributed by atoms with Gasteiger partial charge < -0.3 is 4.74 Å². The zero-order valence-electron chi connectivity index (χ0n) is 11.3. The molecular weight excluding hydrogens is 264 g/mol. The van der Waals surface area contributed by atoms with Crippen molar-refractivity contribution in [2.75, 3.05) is 20.0 Å². The first-order valence-corrected chi connectivity index (χ1v) is 7.98. The third kappa shape index (κ3) is 7.64. The van der Waals surface area contributed by atoms with Crippen molar-refractivity contribution in [3.63, 3.8) is 0 Å². The Balaban J connectivity index is 2.19. The van der Waals surface area contributed by atoms with Crippen LogP contribution in [-0.4, -0.2) is 28.4 Å². The van der Waals surface area contributed by atoms with Crippen LogP contribution < -0.4 is 4.74 Å². The van der Waals surface area contributed by atoms with Crippen molar-refractivity contribution in [1.82, 2.24) is 0 Å². The minimum Gasteiger partial charge on any atom is -0.497 e. The third-order valence-electron chi connectivity index (χ3n) is 2.49. The van der Waals surface area contributed by atoms with E-state index >= 15 is 0 Å². The van der Waals surface area contributed by atoms with Gasteiger partial charge in [-0.3, -0.25) is 4.18 Å². The quantitative estimate of drug-likeness (QED) is 0.544. The van der Waals surface area contributed by atoms with E-state index < -0.39 is 10.1 Å². The van der Waals surface area contributed by atoms with E-state index in [1.807, 2.05) is 30.3 Å². The van der Waals surface area contributed by atoms with E-state index in [0.29, 0.717) is 0 Å². The van der Waals surface area contributed by atoms with Crippen LogP contribution in [0.4, 0.5) is 0 Å². The molecule has 1 rings (SSSR count). The minimum atomic E-state index is -3.30. The molecule has 0 N–H and O–H groups in total. The monoisotopic (exact) mass is 284 g/mol. The minimum absolute atomic E-state index is 0.259. The fraction of sp³-hybridized carbons (Fsp3) is 0.429. The molecule has 0 unspecified atom stereocenters. The van der Waals surface area contributed by atoms with Crippen LogP contribution in [0.1, 0.15) is 24.8 Å². The van der Waals surface area contributed by atoms with Crippen LogP contribution in [0, 0.1) is 0 Å². The highest BCUT2D eigenvalue weighted by Crippen LogP contribution is 2.12. The molecule has 0 bridgehead atoms. The lowest BCUT2D eigenvalue weighted by molar-refractivity contribution is 0.312. The predicted molar refractivity (Wildman–Crippen MR) is 76.7 cm³/mol. The molecule has 0 saturated carbocycles. The number of ether oxygens (including phenoxy) is 1. The molecule has 4 nitrogen and oxygen atoms in total. The normalized spacial score (nSPS) is 11.9. The number of rotatable bonds is 8. The zero-order chi connectivity index (χ0) is 14.1. The van der Waals surface area contributed by atoms with Crippen molar-refractivity contribution < 1.29 is 17.3 Å². The molecule has 1 aromatic carbocycles. The number of hydrogen-bond donors (Lipinski definition) is 0. The summed E-state index contributed by atoms with van der Waals surface area (Å²) in [5, 5.41) is 0. The molecule has 0 spiro atoms. The predicted octanol–water partition coefficient (Wildman–Crippen LogP) is 2.85. The molecule has 0 radical (unpaired) electrons. The van der Waals surface area contributed by atoms with E-state index in [2.05, 4.69) is 10.3 Å². The highest BCUT2D eigenvalue weighted by atomic mass is 32.2. The van der Waals surface area contributed by atoms with Gasteiger partial charge in [0.15, 0.2) is 0 Å². The SMILES string of the molecule is COc1ccc(/C=C/CCCCOS(C)(=O)=O)cc1. The van der Waals surface area contributed by atoms with Crippen LogP contribution in [0.25, 0.3) is 6.08 Å². The van der Waals surface area contributed by atoms with E-state index in [1.165, 1.54) is 0 Å². The first-order valence-electron chi connectivity index (χ1n) is 6.16. The lowest BCUT2D eigenvalue weighted by Gasteiger charge is -2.00. The van der Waals surface area contributed by atoms with Gasteiger partial charge in [-0.2, -0.15) is 8.42 Å². The lowest BCUT2D eigenvalue weighted by atomic mass is 10.1. The second-order valence-electron chi connectivity index (χ2n) is 4.20. The molecule has 0 saturated heterocycles. The standard InChI is InChI=1S/C14H20O4S/c1-17-14-10-8-13(9-11-14)7-5-3-4-6-12-18-19(2,15)16/h5,7-11H,3-4,6,12H2,1-2H3/b7-5+. The molecule has 5 heteroatoms. The van der Waals surface area contributed by atoms with Crippen LogP contribution in [0.15, 0.2) is 30.3 Å². The Labute approximate surface area is 115 Å². The molecule has 19 heavy (non-hydrogen) atoms. The van der Waals surface area contributed by atoms with Crippen LogP contribution in [0.3, 0.4) is 0 Å². The van der Waals surface area contributed by atoms with Crippen molar-refractivity contribution in [3.8, 4) is 5.75 Å². The summed E-state index contributed by atoms with van der Waals surface area (Å²) in [6.07, 6.45) is 7.72. The maximum atomic E-state index is 10.7. The topological polar surface area (TPSA) is 52.6 Å². The molecule has 106 valence electrons. The molecule has 0 aliphatic carbocycles. The van der Waals surface area contributed by atoms with Gasteiger partial charge >= 0.3 is 0 Å². The molecule has 1 aromatic rings. The summed E-state index contributed by atoms with van der Waals surface area (Å²) >= 11 is 0. The Bertz CT molecular complexity index is 489. The molecular formula is C14H20O4S.